The molecule has 1 aromatic heterocycles. The van der Waals surface area contributed by atoms with E-state index in [1.165, 1.54) is 31.2 Å². The van der Waals surface area contributed by atoms with Crippen molar-refractivity contribution in [3.8, 4) is 0 Å². The van der Waals surface area contributed by atoms with Crippen LogP contribution in [0.15, 0.2) is 16.8 Å². The molecule has 1 unspecified atom stereocenters. The fraction of sp³-hybridized carbons (Fsp3) is 0.733. The summed E-state index contributed by atoms with van der Waals surface area (Å²) in [7, 11) is 0. The van der Waals surface area contributed by atoms with E-state index >= 15 is 0 Å². The average Bonchev–Trinajstić information content (AvgIpc) is 3.08. The molecule has 2 nitrogen and oxygen atoms in total. The van der Waals surface area contributed by atoms with Crippen molar-refractivity contribution in [3.63, 3.8) is 0 Å². The molecule has 0 radical (unpaired) electrons. The molecule has 0 aliphatic heterocycles. The third kappa shape index (κ3) is 3.81. The lowest BCUT2D eigenvalue weighted by Crippen LogP contribution is -2.41. The van der Waals surface area contributed by atoms with Crippen LogP contribution in [-0.2, 0) is 6.54 Å². The Balaban J connectivity index is 1.97. The number of nitrogens with zero attached hydrogens (tertiary/aromatic N) is 1. The van der Waals surface area contributed by atoms with Gasteiger partial charge in [-0.15, -0.1) is 0 Å². The Labute approximate surface area is 115 Å². The third-order valence-electron chi connectivity index (χ3n) is 3.96. The highest BCUT2D eigenvalue weighted by Gasteiger charge is 2.34. The van der Waals surface area contributed by atoms with Gasteiger partial charge in [-0.25, -0.2) is 0 Å². The Bertz CT molecular complexity index is 345. The average molecular weight is 266 g/mol. The van der Waals surface area contributed by atoms with Gasteiger partial charge in [0.2, 0.25) is 0 Å². The van der Waals surface area contributed by atoms with Crippen LogP contribution < -0.4 is 5.73 Å². The van der Waals surface area contributed by atoms with Crippen molar-refractivity contribution in [2.45, 2.75) is 52.1 Å². The first-order valence-electron chi connectivity index (χ1n) is 7.12. The second-order valence-electron chi connectivity index (χ2n) is 6.03. The van der Waals surface area contributed by atoms with Crippen molar-refractivity contribution in [2.75, 3.05) is 13.1 Å². The van der Waals surface area contributed by atoms with Crippen LogP contribution in [-0.4, -0.2) is 24.0 Å². The van der Waals surface area contributed by atoms with Crippen LogP contribution in [0.2, 0.25) is 0 Å². The van der Waals surface area contributed by atoms with E-state index in [2.05, 4.69) is 35.6 Å². The second-order valence-corrected chi connectivity index (χ2v) is 6.81. The fourth-order valence-corrected chi connectivity index (χ4v) is 3.37. The maximum Gasteiger partial charge on any atom is 0.0245 e. The normalized spacial score (nSPS) is 19.1. The molecule has 0 aromatic carbocycles. The van der Waals surface area contributed by atoms with Crippen molar-refractivity contribution in [1.29, 1.82) is 0 Å². The molecule has 2 N–H and O–H groups in total. The van der Waals surface area contributed by atoms with E-state index in [1.807, 2.05) is 0 Å². The van der Waals surface area contributed by atoms with Crippen LogP contribution in [0.5, 0.6) is 0 Å². The Morgan fingerprint density at radius 1 is 1.50 bits per heavy atom. The zero-order valence-corrected chi connectivity index (χ0v) is 12.5. The van der Waals surface area contributed by atoms with Crippen molar-refractivity contribution in [3.05, 3.63) is 22.4 Å². The highest BCUT2D eigenvalue weighted by Crippen LogP contribution is 2.33. The molecule has 18 heavy (non-hydrogen) atoms. The van der Waals surface area contributed by atoms with Gasteiger partial charge in [-0.3, -0.25) is 4.90 Å². The van der Waals surface area contributed by atoms with Gasteiger partial charge in [0.15, 0.2) is 0 Å². The number of hydrogen-bond donors (Lipinski definition) is 1. The Hall–Kier alpha value is -0.380. The highest BCUT2D eigenvalue weighted by molar-refractivity contribution is 7.07. The molecule has 2 rings (SSSR count). The zero-order valence-electron chi connectivity index (χ0n) is 11.7. The zero-order chi connectivity index (χ0) is 13.0. The van der Waals surface area contributed by atoms with Gasteiger partial charge in [0.25, 0.3) is 0 Å². The summed E-state index contributed by atoms with van der Waals surface area (Å²) in [5, 5.41) is 4.45. The van der Waals surface area contributed by atoms with Crippen LogP contribution in [0.1, 0.15) is 45.1 Å². The summed E-state index contributed by atoms with van der Waals surface area (Å²) in [6, 6.07) is 3.06. The van der Waals surface area contributed by atoms with E-state index < -0.39 is 0 Å². The third-order valence-corrected chi connectivity index (χ3v) is 4.69. The van der Waals surface area contributed by atoms with E-state index in [0.29, 0.717) is 0 Å². The standard InChI is InChI=1S/C15H26N2S/c1-3-7-15(2,11-16)12-17(14-4-5-14)9-13-6-8-18-10-13/h6,8,10,14H,3-5,7,9,11-12,16H2,1-2H3. The summed E-state index contributed by atoms with van der Waals surface area (Å²) in [6.45, 7) is 7.66. The summed E-state index contributed by atoms with van der Waals surface area (Å²) in [6.07, 6.45) is 5.20. The minimum atomic E-state index is 0.285. The molecule has 1 atom stereocenters. The largest absolute Gasteiger partial charge is 0.330 e. The predicted molar refractivity (Wildman–Crippen MR) is 79.8 cm³/mol. The van der Waals surface area contributed by atoms with Gasteiger partial charge in [0, 0.05) is 19.1 Å². The molecule has 1 aliphatic carbocycles. The highest BCUT2D eigenvalue weighted by atomic mass is 32.1. The van der Waals surface area contributed by atoms with Gasteiger partial charge in [0.1, 0.15) is 0 Å². The lowest BCUT2D eigenvalue weighted by molar-refractivity contribution is 0.145. The molecule has 1 aliphatic rings. The van der Waals surface area contributed by atoms with E-state index in [1.54, 1.807) is 11.3 Å². The molecule has 3 heteroatoms. The van der Waals surface area contributed by atoms with Gasteiger partial charge >= 0.3 is 0 Å². The molecule has 102 valence electrons. The topological polar surface area (TPSA) is 29.3 Å². The van der Waals surface area contributed by atoms with Crippen molar-refractivity contribution >= 4 is 11.3 Å². The summed E-state index contributed by atoms with van der Waals surface area (Å²) >= 11 is 1.80. The van der Waals surface area contributed by atoms with Crippen LogP contribution in [0.25, 0.3) is 0 Å². The molecule has 0 amide bonds. The number of nitrogens with two attached hydrogens (primary N) is 1. The van der Waals surface area contributed by atoms with E-state index in [9.17, 15) is 0 Å². The lowest BCUT2D eigenvalue weighted by atomic mass is 9.85. The lowest BCUT2D eigenvalue weighted by Gasteiger charge is -2.34. The molecule has 1 saturated carbocycles. The first kappa shape index (κ1) is 14.0. The maximum absolute atomic E-state index is 6.01. The van der Waals surface area contributed by atoms with Crippen LogP contribution in [0.4, 0.5) is 0 Å². The summed E-state index contributed by atoms with van der Waals surface area (Å²) in [5.74, 6) is 0. The molecular weight excluding hydrogens is 240 g/mol. The summed E-state index contributed by atoms with van der Waals surface area (Å²) in [5.41, 5.74) is 7.76. The van der Waals surface area contributed by atoms with Crippen molar-refractivity contribution in [2.24, 2.45) is 11.1 Å². The molecule has 1 heterocycles. The van der Waals surface area contributed by atoms with E-state index in [-0.39, 0.29) is 5.41 Å². The molecule has 1 fully saturated rings. The van der Waals surface area contributed by atoms with Gasteiger partial charge in [-0.2, -0.15) is 11.3 Å². The molecule has 0 spiro atoms. The second kappa shape index (κ2) is 6.18. The van der Waals surface area contributed by atoms with Crippen LogP contribution in [0, 0.1) is 5.41 Å². The number of rotatable bonds is 8. The minimum absolute atomic E-state index is 0.285. The smallest absolute Gasteiger partial charge is 0.0245 e. The quantitative estimate of drug-likeness (QED) is 0.780. The molecule has 1 aromatic rings. The predicted octanol–water partition coefficient (Wildman–Crippen LogP) is 3.48. The number of thiophene rings is 1. The van der Waals surface area contributed by atoms with Gasteiger partial charge in [-0.1, -0.05) is 20.3 Å². The molecular formula is C15H26N2S. The summed E-state index contributed by atoms with van der Waals surface area (Å²) < 4.78 is 0. The van der Waals surface area contributed by atoms with Crippen molar-refractivity contribution in [1.82, 2.24) is 4.90 Å². The SMILES string of the molecule is CCCC(C)(CN)CN(Cc1ccsc1)C1CC1. The van der Waals surface area contributed by atoms with Crippen molar-refractivity contribution < 1.29 is 0 Å². The first-order valence-corrected chi connectivity index (χ1v) is 8.06. The van der Waals surface area contributed by atoms with Gasteiger partial charge in [0.05, 0.1) is 0 Å². The van der Waals surface area contributed by atoms with E-state index in [0.717, 1.165) is 25.7 Å². The van der Waals surface area contributed by atoms with Crippen LogP contribution in [0.3, 0.4) is 0 Å². The molecule has 0 bridgehead atoms. The monoisotopic (exact) mass is 266 g/mol. The maximum atomic E-state index is 6.01. The fourth-order valence-electron chi connectivity index (χ4n) is 2.71. The van der Waals surface area contributed by atoms with Gasteiger partial charge < -0.3 is 5.73 Å². The minimum Gasteiger partial charge on any atom is -0.330 e. The van der Waals surface area contributed by atoms with Crippen LogP contribution >= 0.6 is 11.3 Å². The molecule has 0 saturated heterocycles. The Morgan fingerprint density at radius 3 is 2.78 bits per heavy atom. The van der Waals surface area contributed by atoms with E-state index in [4.69, 9.17) is 5.73 Å². The van der Waals surface area contributed by atoms with Gasteiger partial charge in [-0.05, 0) is 53.6 Å². The Kier molecular flexibility index (Phi) is 4.82. The Morgan fingerprint density at radius 2 is 2.28 bits per heavy atom. The summed E-state index contributed by atoms with van der Waals surface area (Å²) in [4.78, 5) is 2.66. The first-order chi connectivity index (χ1) is 8.67. The number of hydrogen-bond acceptors (Lipinski definition) is 3.